The van der Waals surface area contributed by atoms with Crippen molar-refractivity contribution in [2.75, 3.05) is 0 Å². The molecule has 438 valence electrons. The van der Waals surface area contributed by atoms with Crippen LogP contribution in [0, 0.1) is 83.1 Å². The van der Waals surface area contributed by atoms with Crippen LogP contribution in [0.1, 0.15) is 80.8 Å². The second-order valence-corrected chi connectivity index (χ2v) is 32.8. The van der Waals surface area contributed by atoms with Crippen LogP contribution in [0.4, 0.5) is 61.2 Å². The Hall–Kier alpha value is -3.15. The van der Waals surface area contributed by atoms with Gasteiger partial charge in [0.2, 0.25) is 0 Å². The number of hydrogen-bond donors (Lipinski definition) is 0. The molecule has 0 heterocycles. The summed E-state index contributed by atoms with van der Waals surface area (Å²) in [4.78, 5) is 0. The van der Waals surface area contributed by atoms with Crippen molar-refractivity contribution in [3.8, 4) is 0 Å². The summed E-state index contributed by atoms with van der Waals surface area (Å²) in [5, 5.41) is 0. The average molecular weight is 1600 g/mol. The zero-order valence-corrected chi connectivity index (χ0v) is 53.4. The van der Waals surface area contributed by atoms with E-state index >= 15 is 0 Å². The van der Waals surface area contributed by atoms with Crippen LogP contribution in [-0.4, -0.2) is 28.1 Å². The maximum atomic E-state index is 12.5. The van der Waals surface area contributed by atoms with E-state index in [9.17, 15) is 61.2 Å². The Kier molecular flexibility index (Phi) is 29.4. The Morgan fingerprint density at radius 2 is 0.570 bits per heavy atom. The molecule has 0 N–H and O–H groups in total. The topological polar surface area (TPSA) is 0 Å². The van der Waals surface area contributed by atoms with Gasteiger partial charge in [0.1, 0.15) is 11.6 Å². The second kappa shape index (κ2) is 31.5. The fourth-order valence-corrected chi connectivity index (χ4v) is 12.4. The minimum absolute atomic E-state index is 0. The minimum atomic E-state index is -10.7. The molecule has 0 aromatic heterocycles. The Bertz CT molecular complexity index is 2690. The summed E-state index contributed by atoms with van der Waals surface area (Å²) in [7, 11) is -11.7. The fraction of sp³-hybridized carbons (Fsp3) is 0.250. The summed E-state index contributed by atoms with van der Waals surface area (Å²) >= 11 is -9.24. The van der Waals surface area contributed by atoms with Crippen LogP contribution in [-0.2, 0) is 12.8 Å². The van der Waals surface area contributed by atoms with Crippen molar-refractivity contribution in [2.24, 2.45) is 11.8 Å². The van der Waals surface area contributed by atoms with E-state index in [0.29, 0.717) is 5.92 Å². The molecule has 0 saturated carbocycles. The predicted molar refractivity (Wildman–Crippen MR) is 277 cm³/mol. The van der Waals surface area contributed by atoms with Crippen molar-refractivity contribution < 1.29 is 130 Å². The summed E-state index contributed by atoms with van der Waals surface area (Å²) in [6.07, 6.45) is 2.37. The Morgan fingerprint density at radius 1 is 0.380 bits per heavy atom. The van der Waals surface area contributed by atoms with Gasteiger partial charge in [0, 0.05) is 0 Å². The van der Waals surface area contributed by atoms with Gasteiger partial charge in [-0.1, -0.05) is 131 Å². The Balaban J connectivity index is 0.000000491. The van der Waals surface area contributed by atoms with E-state index in [-0.39, 0.29) is 68.3 Å². The molecule has 0 nitrogen and oxygen atoms in total. The molecule has 0 bridgehead atoms. The molecule has 0 spiro atoms. The van der Waals surface area contributed by atoms with Gasteiger partial charge in [-0.3, -0.25) is 0 Å². The number of aryl methyl sites for hydroxylation is 3. The van der Waals surface area contributed by atoms with Crippen LogP contribution in [0.2, 0.25) is 0 Å². The van der Waals surface area contributed by atoms with Gasteiger partial charge >= 0.3 is 131 Å². The molecule has 0 aliphatic rings. The molecular formula is C56H61BF17I3PSb. The molecule has 7 aromatic rings. The van der Waals surface area contributed by atoms with Crippen molar-refractivity contribution in [2.45, 2.75) is 81.1 Å². The monoisotopic (exact) mass is 1600 g/mol. The normalized spacial score (nSPS) is 12.4. The van der Waals surface area contributed by atoms with Crippen molar-refractivity contribution in [1.82, 2.24) is 0 Å². The molecule has 0 unspecified atom stereocenters. The predicted octanol–water partition coefficient (Wildman–Crippen LogP) is 6.37. The first kappa shape index (κ1) is 73.9. The van der Waals surface area contributed by atoms with Gasteiger partial charge in [-0.25, -0.2) is 22.0 Å². The summed E-state index contributed by atoms with van der Waals surface area (Å²) in [5.41, 5.74) is 7.76. The molecule has 7 rings (SSSR count). The van der Waals surface area contributed by atoms with Crippen molar-refractivity contribution >= 4 is 41.4 Å². The third-order valence-corrected chi connectivity index (χ3v) is 17.4. The quantitative estimate of drug-likeness (QED) is 0.0354. The van der Waals surface area contributed by atoms with Crippen LogP contribution in [0.15, 0.2) is 146 Å². The summed E-state index contributed by atoms with van der Waals surface area (Å²) in [6.45, 7) is 20.0. The SMILES string of the molecule is Cc1ccc([I+]c2ccc(C(C)C)cc2)cc1.Cc1ccc([I+]c2ccc(CC(C)C)cc2)cc1.Cc1ccc([I+]c2ccc(CC(C)C)cc2)cc1.F[P-](F)(F)(F)(F)F.[BH3-]c1c(F)c(F)c(F)c(F)c1F.[F-].[F][Sb]([F])([F])([F])[F]. The molecule has 0 fully saturated rings. The standard InChI is InChI=1S/2C17H20I.C16H18I.C6H3BF5.F6P.6FH.Sb/c2*1-13(2)12-15-6-10-17(11-7-15)18-16-8-4-14(3)5-9-16;1-12(2)14-6-10-16(11-7-14)17-15-8-4-13(3)5-9-15;7-1-2(8)4(10)6(12)5(11)3(1)9;1-7(2,3,4,5)6;;;;;;;/h2*4-11,13H,12H2,1-3H3;4-12H,1-3H3;7H3;;6*1H;/q3*+1;2*-1;;;;;;;+5/p-6. The van der Waals surface area contributed by atoms with E-state index < -0.39 is 70.5 Å². The van der Waals surface area contributed by atoms with Crippen LogP contribution in [0.3, 0.4) is 0 Å². The van der Waals surface area contributed by atoms with Gasteiger partial charge in [0.15, 0.2) is 38.9 Å². The number of halogens is 20. The zero-order valence-electron chi connectivity index (χ0n) is 43.5. The van der Waals surface area contributed by atoms with E-state index in [2.05, 4.69) is 208 Å². The maximum absolute atomic E-state index is 12.5. The molecular weight excluding hydrogens is 1540 g/mol. The molecule has 0 aliphatic heterocycles. The summed E-state index contributed by atoms with van der Waals surface area (Å²) in [5.74, 6) is -7.03. The first-order chi connectivity index (χ1) is 35.6. The van der Waals surface area contributed by atoms with E-state index in [1.165, 1.54) is 67.6 Å². The van der Waals surface area contributed by atoms with Gasteiger partial charge in [0.05, 0.1) is 0 Å². The zero-order chi connectivity index (χ0) is 59.5. The van der Waals surface area contributed by atoms with E-state index in [1.807, 2.05) is 0 Å². The molecule has 0 saturated heterocycles. The van der Waals surface area contributed by atoms with Crippen LogP contribution in [0.25, 0.3) is 0 Å². The first-order valence-corrected chi connectivity index (χ1v) is 36.5. The first-order valence-electron chi connectivity index (χ1n) is 23.1. The van der Waals surface area contributed by atoms with Gasteiger partial charge in [-0.05, 0) is 149 Å². The molecule has 7 aromatic carbocycles. The second-order valence-electron chi connectivity index (χ2n) is 18.1. The fourth-order valence-electron chi connectivity index (χ4n) is 5.88. The number of rotatable bonds is 11. The third kappa shape index (κ3) is 36.1. The van der Waals surface area contributed by atoms with E-state index in [1.54, 1.807) is 0 Å². The number of hydrogen-bond acceptors (Lipinski definition) is 0. The van der Waals surface area contributed by atoms with Gasteiger partial charge in [-0.2, -0.15) is 0 Å². The molecule has 0 aliphatic carbocycles. The van der Waals surface area contributed by atoms with Crippen molar-refractivity contribution in [3.63, 3.8) is 0 Å². The van der Waals surface area contributed by atoms with Crippen molar-refractivity contribution in [1.29, 1.82) is 0 Å². The van der Waals surface area contributed by atoms with Gasteiger partial charge in [-0.15, -0.1) is 5.46 Å². The van der Waals surface area contributed by atoms with Crippen molar-refractivity contribution in [3.05, 3.63) is 229 Å². The molecule has 79 heavy (non-hydrogen) atoms. The van der Waals surface area contributed by atoms with Gasteiger partial charge < -0.3 is 4.70 Å². The van der Waals surface area contributed by atoms with Crippen LogP contribution >= 0.6 is 7.81 Å². The average Bonchev–Trinajstić information content (AvgIpc) is 3.32. The molecule has 0 atom stereocenters. The summed E-state index contributed by atoms with van der Waals surface area (Å²) in [6, 6.07) is 54.4. The van der Waals surface area contributed by atoms with E-state index in [4.69, 9.17) is 0 Å². The Labute approximate surface area is 488 Å². The third-order valence-electron chi connectivity index (χ3n) is 9.33. The number of benzene rings is 7. The molecule has 0 amide bonds. The van der Waals surface area contributed by atoms with Gasteiger partial charge in [0.25, 0.3) is 0 Å². The molecule has 23 heteroatoms. The van der Waals surface area contributed by atoms with Crippen LogP contribution in [0.5, 0.6) is 0 Å². The summed E-state index contributed by atoms with van der Waals surface area (Å²) < 4.78 is 180. The Morgan fingerprint density at radius 3 is 0.772 bits per heavy atom. The van der Waals surface area contributed by atoms with Crippen LogP contribution < -0.4 is 73.8 Å². The van der Waals surface area contributed by atoms with E-state index in [0.717, 1.165) is 11.8 Å². The molecule has 0 radical (unpaired) electrons.